The summed E-state index contributed by atoms with van der Waals surface area (Å²) < 4.78 is 0. The van der Waals surface area contributed by atoms with E-state index in [0.29, 0.717) is 6.54 Å². The zero-order valence-electron chi connectivity index (χ0n) is 9.12. The lowest BCUT2D eigenvalue weighted by Gasteiger charge is -2.09. The second-order valence-electron chi connectivity index (χ2n) is 3.50. The Balaban J connectivity index is 2.34. The summed E-state index contributed by atoms with van der Waals surface area (Å²) in [6.07, 6.45) is 1.65. The van der Waals surface area contributed by atoms with E-state index in [0.717, 1.165) is 23.5 Å². The number of rotatable bonds is 5. The Kier molecular flexibility index (Phi) is 4.71. The van der Waals surface area contributed by atoms with Crippen molar-refractivity contribution >= 4 is 17.2 Å². The van der Waals surface area contributed by atoms with Crippen LogP contribution >= 0.6 is 11.3 Å². The highest BCUT2D eigenvalue weighted by Gasteiger charge is 2.11. The van der Waals surface area contributed by atoms with Crippen molar-refractivity contribution in [2.24, 2.45) is 5.73 Å². The van der Waals surface area contributed by atoms with E-state index >= 15 is 0 Å². The molecular formula is C10H17N3OS. The summed E-state index contributed by atoms with van der Waals surface area (Å²) in [6, 6.07) is -0.393. The third kappa shape index (κ3) is 3.97. The lowest BCUT2D eigenvalue weighted by atomic mass is 10.2. The van der Waals surface area contributed by atoms with E-state index in [4.69, 9.17) is 5.73 Å². The number of nitrogens with two attached hydrogens (primary N) is 1. The fraction of sp³-hybridized carbons (Fsp3) is 0.600. The number of aromatic nitrogens is 1. The summed E-state index contributed by atoms with van der Waals surface area (Å²) >= 11 is 1.55. The van der Waals surface area contributed by atoms with Gasteiger partial charge in [-0.3, -0.25) is 4.79 Å². The Hall–Kier alpha value is -0.940. The highest BCUT2D eigenvalue weighted by Crippen LogP contribution is 2.07. The van der Waals surface area contributed by atoms with Crippen molar-refractivity contribution in [1.82, 2.24) is 10.3 Å². The number of carbonyl (C=O) groups excluding carboxylic acids is 1. The minimum absolute atomic E-state index is 0.0929. The molecule has 0 aliphatic heterocycles. The monoisotopic (exact) mass is 227 g/mol. The average Bonchev–Trinajstić information content (AvgIpc) is 2.61. The molecule has 1 amide bonds. The van der Waals surface area contributed by atoms with E-state index < -0.39 is 6.04 Å². The predicted octanol–water partition coefficient (Wildman–Crippen LogP) is 1.20. The quantitative estimate of drug-likeness (QED) is 0.794. The molecule has 0 bridgehead atoms. The Morgan fingerprint density at radius 2 is 2.47 bits per heavy atom. The molecule has 5 heteroatoms. The van der Waals surface area contributed by atoms with Crippen molar-refractivity contribution in [1.29, 1.82) is 0 Å². The molecule has 0 saturated carbocycles. The number of aryl methyl sites for hydroxylation is 1. The van der Waals surface area contributed by atoms with Crippen molar-refractivity contribution in [2.75, 3.05) is 0 Å². The summed E-state index contributed by atoms with van der Waals surface area (Å²) in [5.41, 5.74) is 6.66. The first-order valence-electron chi connectivity index (χ1n) is 5.07. The number of carbonyl (C=O) groups is 1. The van der Waals surface area contributed by atoms with E-state index in [1.54, 1.807) is 11.3 Å². The average molecular weight is 227 g/mol. The topological polar surface area (TPSA) is 68.0 Å². The smallest absolute Gasteiger partial charge is 0.237 e. The summed E-state index contributed by atoms with van der Waals surface area (Å²) in [4.78, 5) is 15.7. The van der Waals surface area contributed by atoms with Crippen LogP contribution in [0.3, 0.4) is 0 Å². The van der Waals surface area contributed by atoms with Gasteiger partial charge < -0.3 is 11.1 Å². The van der Waals surface area contributed by atoms with Gasteiger partial charge in [-0.15, -0.1) is 11.3 Å². The highest BCUT2D eigenvalue weighted by atomic mass is 32.1. The minimum atomic E-state index is -0.393. The number of hydrogen-bond donors (Lipinski definition) is 2. The Labute approximate surface area is 93.9 Å². The second-order valence-corrected chi connectivity index (χ2v) is 4.44. The van der Waals surface area contributed by atoms with Crippen molar-refractivity contribution in [3.8, 4) is 0 Å². The van der Waals surface area contributed by atoms with E-state index in [2.05, 4.69) is 10.3 Å². The van der Waals surface area contributed by atoms with Gasteiger partial charge in [-0.05, 0) is 13.3 Å². The largest absolute Gasteiger partial charge is 0.348 e. The zero-order chi connectivity index (χ0) is 11.3. The van der Waals surface area contributed by atoms with Gasteiger partial charge in [-0.1, -0.05) is 13.3 Å². The molecule has 0 saturated heterocycles. The molecule has 0 aliphatic carbocycles. The molecule has 0 fully saturated rings. The molecule has 0 spiro atoms. The van der Waals surface area contributed by atoms with Crippen LogP contribution in [-0.4, -0.2) is 16.9 Å². The summed E-state index contributed by atoms with van der Waals surface area (Å²) in [5, 5.41) is 5.67. The molecule has 1 rings (SSSR count). The Morgan fingerprint density at radius 1 is 1.73 bits per heavy atom. The first-order valence-corrected chi connectivity index (χ1v) is 5.95. The normalized spacial score (nSPS) is 12.5. The summed E-state index contributed by atoms with van der Waals surface area (Å²) in [5.74, 6) is -0.0929. The van der Waals surface area contributed by atoms with Crippen LogP contribution < -0.4 is 11.1 Å². The van der Waals surface area contributed by atoms with Gasteiger partial charge in [0, 0.05) is 11.1 Å². The number of amides is 1. The van der Waals surface area contributed by atoms with Crippen LogP contribution in [0.15, 0.2) is 5.38 Å². The van der Waals surface area contributed by atoms with Gasteiger partial charge in [0.1, 0.15) is 5.01 Å². The van der Waals surface area contributed by atoms with E-state index in [9.17, 15) is 4.79 Å². The van der Waals surface area contributed by atoms with Gasteiger partial charge in [0.15, 0.2) is 0 Å². The third-order valence-electron chi connectivity index (χ3n) is 2.02. The van der Waals surface area contributed by atoms with Crippen molar-refractivity contribution in [3.63, 3.8) is 0 Å². The lowest BCUT2D eigenvalue weighted by molar-refractivity contribution is -0.122. The Morgan fingerprint density at radius 3 is 3.00 bits per heavy atom. The minimum Gasteiger partial charge on any atom is -0.348 e. The second kappa shape index (κ2) is 5.82. The maximum absolute atomic E-state index is 11.5. The van der Waals surface area contributed by atoms with Crippen LogP contribution in [0, 0.1) is 6.92 Å². The SMILES string of the molecule is CCCC(N)C(=O)NCc1nc(C)cs1. The standard InChI is InChI=1S/C10H17N3OS/c1-3-4-8(11)10(14)12-5-9-13-7(2)6-15-9/h6,8H,3-5,11H2,1-2H3,(H,12,14). The molecule has 1 unspecified atom stereocenters. The summed E-state index contributed by atoms with van der Waals surface area (Å²) in [7, 11) is 0. The lowest BCUT2D eigenvalue weighted by Crippen LogP contribution is -2.40. The van der Waals surface area contributed by atoms with Crippen LogP contribution in [0.5, 0.6) is 0 Å². The molecule has 3 N–H and O–H groups in total. The van der Waals surface area contributed by atoms with E-state index in [-0.39, 0.29) is 5.91 Å². The molecule has 15 heavy (non-hydrogen) atoms. The van der Waals surface area contributed by atoms with Crippen LogP contribution in [0.1, 0.15) is 30.5 Å². The van der Waals surface area contributed by atoms with Crippen molar-refractivity contribution < 1.29 is 4.79 Å². The molecule has 1 aromatic heterocycles. The summed E-state index contributed by atoms with van der Waals surface area (Å²) in [6.45, 7) is 4.43. The molecule has 0 aliphatic rings. The molecule has 84 valence electrons. The predicted molar refractivity (Wildman–Crippen MR) is 61.6 cm³/mol. The van der Waals surface area contributed by atoms with Gasteiger partial charge in [0.05, 0.1) is 12.6 Å². The molecule has 1 aromatic rings. The van der Waals surface area contributed by atoms with Crippen molar-refractivity contribution in [2.45, 2.75) is 39.3 Å². The van der Waals surface area contributed by atoms with E-state index in [1.807, 2.05) is 19.2 Å². The number of nitrogens with zero attached hydrogens (tertiary/aromatic N) is 1. The maximum Gasteiger partial charge on any atom is 0.237 e. The zero-order valence-corrected chi connectivity index (χ0v) is 9.93. The molecule has 1 heterocycles. The van der Waals surface area contributed by atoms with Crippen molar-refractivity contribution in [3.05, 3.63) is 16.1 Å². The van der Waals surface area contributed by atoms with Gasteiger partial charge >= 0.3 is 0 Å². The van der Waals surface area contributed by atoms with Gasteiger partial charge in [0.2, 0.25) is 5.91 Å². The molecule has 0 aromatic carbocycles. The van der Waals surface area contributed by atoms with Gasteiger partial charge in [-0.25, -0.2) is 4.98 Å². The Bertz CT molecular complexity index is 324. The molecule has 4 nitrogen and oxygen atoms in total. The highest BCUT2D eigenvalue weighted by molar-refractivity contribution is 7.09. The number of nitrogens with one attached hydrogen (secondary N) is 1. The van der Waals surface area contributed by atoms with E-state index in [1.165, 1.54) is 0 Å². The van der Waals surface area contributed by atoms with Crippen LogP contribution in [0.2, 0.25) is 0 Å². The maximum atomic E-state index is 11.5. The van der Waals surface area contributed by atoms with Gasteiger partial charge in [-0.2, -0.15) is 0 Å². The molecular weight excluding hydrogens is 210 g/mol. The van der Waals surface area contributed by atoms with Crippen LogP contribution in [0.4, 0.5) is 0 Å². The number of thiazole rings is 1. The third-order valence-corrected chi connectivity index (χ3v) is 2.98. The molecule has 0 radical (unpaired) electrons. The van der Waals surface area contributed by atoms with Crippen LogP contribution in [0.25, 0.3) is 0 Å². The van der Waals surface area contributed by atoms with Crippen LogP contribution in [-0.2, 0) is 11.3 Å². The fourth-order valence-corrected chi connectivity index (χ4v) is 1.93. The fourth-order valence-electron chi connectivity index (χ4n) is 1.22. The first-order chi connectivity index (χ1) is 7.13. The first kappa shape index (κ1) is 12.1. The van der Waals surface area contributed by atoms with Gasteiger partial charge in [0.25, 0.3) is 0 Å². The number of hydrogen-bond acceptors (Lipinski definition) is 4. The molecule has 1 atom stereocenters.